The molecule has 2 unspecified atom stereocenters. The summed E-state index contributed by atoms with van der Waals surface area (Å²) in [6.45, 7) is 1.29. The number of nitrogens with two attached hydrogens (primary N) is 1. The molecule has 3 nitrogen and oxygen atoms in total. The molecule has 0 aromatic rings. The Labute approximate surface area is 105 Å². The predicted octanol–water partition coefficient (Wildman–Crippen LogP) is 1.42. The smallest absolute Gasteiger partial charge is 0.0330 e. The van der Waals surface area contributed by atoms with Crippen molar-refractivity contribution in [1.82, 2.24) is 9.80 Å². The summed E-state index contributed by atoms with van der Waals surface area (Å²) >= 11 is 0. The van der Waals surface area contributed by atoms with Crippen molar-refractivity contribution in [3.8, 4) is 0 Å². The highest BCUT2D eigenvalue weighted by Crippen LogP contribution is 2.42. The van der Waals surface area contributed by atoms with Crippen molar-refractivity contribution in [2.75, 3.05) is 20.6 Å². The molecule has 3 fully saturated rings. The summed E-state index contributed by atoms with van der Waals surface area (Å²) in [5.74, 6) is 0. The normalized spacial score (nSPS) is 40.6. The summed E-state index contributed by atoms with van der Waals surface area (Å²) < 4.78 is 0. The lowest BCUT2D eigenvalue weighted by atomic mass is 9.74. The SMILES string of the molecule is CN(C)C1(CN2C3CCC2CC(N)C3)CCC1. The van der Waals surface area contributed by atoms with Crippen LogP contribution in [0.4, 0.5) is 0 Å². The molecule has 2 heterocycles. The monoisotopic (exact) mass is 237 g/mol. The molecular formula is C14H27N3. The largest absolute Gasteiger partial charge is 0.328 e. The molecule has 3 heteroatoms. The average Bonchev–Trinajstić information content (AvgIpc) is 2.43. The van der Waals surface area contributed by atoms with Gasteiger partial charge in [0.05, 0.1) is 0 Å². The van der Waals surface area contributed by atoms with E-state index in [1.165, 1.54) is 51.5 Å². The van der Waals surface area contributed by atoms with E-state index in [0.29, 0.717) is 11.6 Å². The number of hydrogen-bond acceptors (Lipinski definition) is 3. The maximum atomic E-state index is 6.15. The lowest BCUT2D eigenvalue weighted by Gasteiger charge is -2.52. The van der Waals surface area contributed by atoms with Gasteiger partial charge in [0.2, 0.25) is 0 Å². The van der Waals surface area contributed by atoms with Crippen LogP contribution >= 0.6 is 0 Å². The van der Waals surface area contributed by atoms with Gasteiger partial charge in [-0.1, -0.05) is 0 Å². The van der Waals surface area contributed by atoms with E-state index in [4.69, 9.17) is 5.73 Å². The fourth-order valence-electron chi connectivity index (χ4n) is 4.25. The fourth-order valence-corrected chi connectivity index (χ4v) is 4.25. The number of fused-ring (bicyclic) bond motifs is 2. The van der Waals surface area contributed by atoms with E-state index >= 15 is 0 Å². The zero-order chi connectivity index (χ0) is 12.0. The first-order valence-electron chi connectivity index (χ1n) is 7.29. The van der Waals surface area contributed by atoms with Gasteiger partial charge in [-0.3, -0.25) is 4.90 Å². The molecule has 0 aromatic heterocycles. The second kappa shape index (κ2) is 4.22. The zero-order valence-corrected chi connectivity index (χ0v) is 11.4. The highest BCUT2D eigenvalue weighted by atomic mass is 15.3. The first-order chi connectivity index (χ1) is 8.11. The number of nitrogens with zero attached hydrogens (tertiary/aromatic N) is 2. The van der Waals surface area contributed by atoms with Crippen LogP contribution in [0, 0.1) is 0 Å². The quantitative estimate of drug-likeness (QED) is 0.806. The molecule has 2 bridgehead atoms. The molecular weight excluding hydrogens is 210 g/mol. The van der Waals surface area contributed by atoms with Crippen LogP contribution in [0.2, 0.25) is 0 Å². The van der Waals surface area contributed by atoms with Crippen LogP contribution in [0.15, 0.2) is 0 Å². The van der Waals surface area contributed by atoms with Crippen LogP contribution in [0.5, 0.6) is 0 Å². The Balaban J connectivity index is 1.69. The minimum absolute atomic E-state index is 0.473. The fraction of sp³-hybridized carbons (Fsp3) is 1.00. The van der Waals surface area contributed by atoms with Crippen LogP contribution in [0.3, 0.4) is 0 Å². The second-order valence-electron chi connectivity index (χ2n) is 6.76. The van der Waals surface area contributed by atoms with E-state index < -0.39 is 0 Å². The van der Waals surface area contributed by atoms with Gasteiger partial charge >= 0.3 is 0 Å². The minimum Gasteiger partial charge on any atom is -0.328 e. The van der Waals surface area contributed by atoms with Gasteiger partial charge in [0, 0.05) is 30.2 Å². The van der Waals surface area contributed by atoms with E-state index in [2.05, 4.69) is 23.9 Å². The van der Waals surface area contributed by atoms with Crippen LogP contribution in [-0.4, -0.2) is 54.1 Å². The average molecular weight is 237 g/mol. The first-order valence-corrected chi connectivity index (χ1v) is 7.29. The van der Waals surface area contributed by atoms with Gasteiger partial charge in [-0.2, -0.15) is 0 Å². The van der Waals surface area contributed by atoms with Gasteiger partial charge < -0.3 is 10.6 Å². The third-order valence-corrected chi connectivity index (χ3v) is 5.63. The van der Waals surface area contributed by atoms with Crippen LogP contribution in [0.25, 0.3) is 0 Å². The Bertz CT molecular complexity index is 271. The molecule has 3 aliphatic rings. The zero-order valence-electron chi connectivity index (χ0n) is 11.4. The van der Waals surface area contributed by atoms with E-state index in [0.717, 1.165) is 12.1 Å². The van der Waals surface area contributed by atoms with E-state index in [1.54, 1.807) is 0 Å². The highest BCUT2D eigenvalue weighted by molar-refractivity contribution is 5.04. The van der Waals surface area contributed by atoms with Crippen molar-refractivity contribution in [3.63, 3.8) is 0 Å². The Kier molecular flexibility index (Phi) is 2.96. The Morgan fingerprint density at radius 2 is 1.76 bits per heavy atom. The van der Waals surface area contributed by atoms with E-state index in [-0.39, 0.29) is 0 Å². The third kappa shape index (κ3) is 1.92. The summed E-state index contributed by atoms with van der Waals surface area (Å²) in [4.78, 5) is 5.28. The second-order valence-corrected chi connectivity index (χ2v) is 6.76. The maximum Gasteiger partial charge on any atom is 0.0330 e. The molecule has 0 aromatic carbocycles. The van der Waals surface area contributed by atoms with Crippen molar-refractivity contribution in [2.24, 2.45) is 5.73 Å². The Hall–Kier alpha value is -0.120. The topological polar surface area (TPSA) is 32.5 Å². The molecule has 2 atom stereocenters. The molecule has 2 saturated heterocycles. The molecule has 1 aliphatic carbocycles. The van der Waals surface area contributed by atoms with Gasteiger partial charge in [-0.15, -0.1) is 0 Å². The summed E-state index contributed by atoms with van der Waals surface area (Å²) in [6.07, 6.45) is 9.45. The van der Waals surface area contributed by atoms with Crippen LogP contribution in [-0.2, 0) is 0 Å². The van der Waals surface area contributed by atoms with Crippen LogP contribution in [0.1, 0.15) is 44.9 Å². The van der Waals surface area contributed by atoms with E-state index in [1.807, 2.05) is 0 Å². The van der Waals surface area contributed by atoms with Gasteiger partial charge in [-0.25, -0.2) is 0 Å². The minimum atomic E-state index is 0.473. The van der Waals surface area contributed by atoms with Gasteiger partial charge in [0.25, 0.3) is 0 Å². The van der Waals surface area contributed by atoms with Crippen molar-refractivity contribution in [3.05, 3.63) is 0 Å². The Morgan fingerprint density at radius 3 is 2.18 bits per heavy atom. The molecule has 17 heavy (non-hydrogen) atoms. The van der Waals surface area contributed by atoms with Gasteiger partial charge in [0.15, 0.2) is 0 Å². The molecule has 0 spiro atoms. The van der Waals surface area contributed by atoms with Gasteiger partial charge in [-0.05, 0) is 59.0 Å². The molecule has 3 rings (SSSR count). The summed E-state index contributed by atoms with van der Waals surface area (Å²) in [7, 11) is 4.52. The van der Waals surface area contributed by atoms with Crippen LogP contribution < -0.4 is 5.73 Å². The standard InChI is InChI=1S/C14H27N3/c1-16(2)14(6-3-7-14)10-17-12-4-5-13(17)9-11(15)8-12/h11-13H,3-10,15H2,1-2H3. The molecule has 2 aliphatic heterocycles. The molecule has 2 N–H and O–H groups in total. The summed E-state index contributed by atoms with van der Waals surface area (Å²) in [5.41, 5.74) is 6.64. The highest BCUT2D eigenvalue weighted by Gasteiger charge is 2.46. The number of hydrogen-bond donors (Lipinski definition) is 1. The number of piperidine rings is 1. The summed E-state index contributed by atoms with van der Waals surface area (Å²) in [6, 6.07) is 2.06. The number of likely N-dealkylation sites (N-methyl/N-ethyl adjacent to an activating group) is 1. The van der Waals surface area contributed by atoms with E-state index in [9.17, 15) is 0 Å². The first kappa shape index (κ1) is 11.9. The van der Waals surface area contributed by atoms with Crippen molar-refractivity contribution >= 4 is 0 Å². The molecule has 0 radical (unpaired) electrons. The van der Waals surface area contributed by atoms with Crippen molar-refractivity contribution in [2.45, 2.75) is 68.6 Å². The predicted molar refractivity (Wildman–Crippen MR) is 71.0 cm³/mol. The summed E-state index contributed by atoms with van der Waals surface area (Å²) in [5, 5.41) is 0. The maximum absolute atomic E-state index is 6.15. The third-order valence-electron chi connectivity index (χ3n) is 5.63. The molecule has 98 valence electrons. The van der Waals surface area contributed by atoms with Crippen molar-refractivity contribution in [1.29, 1.82) is 0 Å². The lowest BCUT2D eigenvalue weighted by Crippen LogP contribution is -2.61. The lowest BCUT2D eigenvalue weighted by molar-refractivity contribution is -0.00819. The number of rotatable bonds is 3. The Morgan fingerprint density at radius 1 is 1.18 bits per heavy atom. The molecule has 1 saturated carbocycles. The van der Waals surface area contributed by atoms with Gasteiger partial charge in [0.1, 0.15) is 0 Å². The van der Waals surface area contributed by atoms with Crippen molar-refractivity contribution < 1.29 is 0 Å². The molecule has 0 amide bonds.